The van der Waals surface area contributed by atoms with Gasteiger partial charge in [-0.15, -0.1) is 0 Å². The van der Waals surface area contributed by atoms with E-state index in [0.29, 0.717) is 15.6 Å². The highest BCUT2D eigenvalue weighted by atomic mass is 35.5. The molecular weight excluding hydrogens is 533 g/mol. The molecule has 0 aliphatic heterocycles. The Balaban J connectivity index is 1.91. The first-order valence-corrected chi connectivity index (χ1v) is 14.2. The summed E-state index contributed by atoms with van der Waals surface area (Å²) in [4.78, 5) is 28.0. The van der Waals surface area contributed by atoms with Crippen molar-refractivity contribution in [2.45, 2.75) is 51.2 Å². The number of nitrogens with zero attached hydrogens (tertiary/aromatic N) is 2. The lowest BCUT2D eigenvalue weighted by atomic mass is 10.1. The molecule has 3 rings (SSSR count). The molecular formula is C24H28Cl3N3O4S. The normalized spacial score (nSPS) is 15.0. The molecule has 0 aromatic heterocycles. The van der Waals surface area contributed by atoms with E-state index in [0.717, 1.165) is 36.2 Å². The zero-order valence-corrected chi connectivity index (χ0v) is 22.6. The molecule has 1 aliphatic carbocycles. The van der Waals surface area contributed by atoms with Gasteiger partial charge in [-0.1, -0.05) is 65.8 Å². The summed E-state index contributed by atoms with van der Waals surface area (Å²) >= 11 is 18.6. The molecule has 1 N–H and O–H groups in total. The number of hydrogen-bond donors (Lipinski definition) is 1. The number of nitrogens with one attached hydrogen (secondary N) is 1. The van der Waals surface area contributed by atoms with Crippen molar-refractivity contribution in [3.8, 4) is 0 Å². The number of carbonyl (C=O) groups excluding carboxylic acids is 2. The van der Waals surface area contributed by atoms with Gasteiger partial charge in [0.25, 0.3) is 0 Å². The van der Waals surface area contributed by atoms with Crippen molar-refractivity contribution < 1.29 is 18.0 Å². The van der Waals surface area contributed by atoms with E-state index in [1.165, 1.54) is 11.0 Å². The Labute approximate surface area is 221 Å². The summed E-state index contributed by atoms with van der Waals surface area (Å²) in [6, 6.07) is 10.4. The van der Waals surface area contributed by atoms with Crippen molar-refractivity contribution in [1.82, 2.24) is 10.2 Å². The molecule has 11 heteroatoms. The molecule has 0 radical (unpaired) electrons. The van der Waals surface area contributed by atoms with Crippen LogP contribution in [0.2, 0.25) is 15.1 Å². The van der Waals surface area contributed by atoms with Gasteiger partial charge in [-0.2, -0.15) is 0 Å². The third kappa shape index (κ3) is 7.26. The maximum absolute atomic E-state index is 13.6. The molecule has 1 fully saturated rings. The fraction of sp³-hybridized carbons (Fsp3) is 0.417. The highest BCUT2D eigenvalue weighted by Gasteiger charge is 2.32. The van der Waals surface area contributed by atoms with Crippen LogP contribution in [0.3, 0.4) is 0 Å². The second kappa shape index (κ2) is 11.8. The average molecular weight is 561 g/mol. The van der Waals surface area contributed by atoms with Gasteiger partial charge in [0, 0.05) is 22.6 Å². The van der Waals surface area contributed by atoms with Gasteiger partial charge in [-0.3, -0.25) is 13.9 Å². The van der Waals surface area contributed by atoms with Crippen LogP contribution in [0, 0.1) is 0 Å². The molecule has 7 nitrogen and oxygen atoms in total. The van der Waals surface area contributed by atoms with Crippen LogP contribution in [-0.2, 0) is 26.2 Å². The molecule has 190 valence electrons. The third-order valence-electron chi connectivity index (χ3n) is 6.02. The van der Waals surface area contributed by atoms with Gasteiger partial charge in [0.15, 0.2) is 0 Å². The Bertz CT molecular complexity index is 1190. The third-order valence-corrected chi connectivity index (χ3v) is 8.06. The molecule has 2 aromatic carbocycles. The highest BCUT2D eigenvalue weighted by molar-refractivity contribution is 7.92. The maximum Gasteiger partial charge on any atom is 0.244 e. The predicted octanol–water partition coefficient (Wildman–Crippen LogP) is 4.89. The first-order valence-electron chi connectivity index (χ1n) is 11.2. The Morgan fingerprint density at radius 2 is 1.71 bits per heavy atom. The fourth-order valence-corrected chi connectivity index (χ4v) is 5.67. The van der Waals surface area contributed by atoms with Gasteiger partial charge in [0.1, 0.15) is 12.6 Å². The molecule has 2 aromatic rings. The minimum Gasteiger partial charge on any atom is -0.352 e. The van der Waals surface area contributed by atoms with E-state index in [9.17, 15) is 18.0 Å². The van der Waals surface area contributed by atoms with Crippen LogP contribution >= 0.6 is 34.8 Å². The quantitative estimate of drug-likeness (QED) is 0.473. The lowest BCUT2D eigenvalue weighted by Crippen LogP contribution is -2.52. The molecule has 1 atom stereocenters. The lowest BCUT2D eigenvalue weighted by molar-refractivity contribution is -0.139. The van der Waals surface area contributed by atoms with Crippen LogP contribution in [0.25, 0.3) is 0 Å². The maximum atomic E-state index is 13.6. The Morgan fingerprint density at radius 1 is 1.06 bits per heavy atom. The standard InChI is InChI=1S/C24H28Cl3N3O4S/c1-16(24(32)28-19-7-3-4-8-19)29(14-17-11-12-18(25)13-21(17)27)23(31)15-30(35(2,33)34)22-10-6-5-9-20(22)26/h5-6,9-13,16,19H,3-4,7-8,14-15H2,1-2H3,(H,28,32)/t16-/m0/s1. The van der Waals surface area contributed by atoms with Gasteiger partial charge in [-0.05, 0) is 49.6 Å². The molecule has 35 heavy (non-hydrogen) atoms. The van der Waals surface area contributed by atoms with Crippen LogP contribution < -0.4 is 9.62 Å². The van der Waals surface area contributed by atoms with Crippen molar-refractivity contribution >= 4 is 62.3 Å². The molecule has 0 heterocycles. The summed E-state index contributed by atoms with van der Waals surface area (Å²) < 4.78 is 26.2. The number of carbonyl (C=O) groups is 2. The van der Waals surface area contributed by atoms with E-state index >= 15 is 0 Å². The topological polar surface area (TPSA) is 86.8 Å². The largest absolute Gasteiger partial charge is 0.352 e. The highest BCUT2D eigenvalue weighted by Crippen LogP contribution is 2.28. The second-order valence-corrected chi connectivity index (χ2v) is 11.8. The number of rotatable bonds is 9. The number of halogens is 3. The summed E-state index contributed by atoms with van der Waals surface area (Å²) in [7, 11) is -3.86. The predicted molar refractivity (Wildman–Crippen MR) is 141 cm³/mol. The summed E-state index contributed by atoms with van der Waals surface area (Å²) in [5.74, 6) is -0.880. The van der Waals surface area contributed by atoms with Crippen LogP contribution in [0.4, 0.5) is 5.69 Å². The molecule has 0 saturated heterocycles. The SMILES string of the molecule is C[C@@H](C(=O)NC1CCCC1)N(Cc1ccc(Cl)cc1Cl)C(=O)CN(c1ccccc1Cl)S(C)(=O)=O. The van der Waals surface area contributed by atoms with Crippen LogP contribution in [0.1, 0.15) is 38.2 Å². The molecule has 0 bridgehead atoms. The van der Waals surface area contributed by atoms with Crippen molar-refractivity contribution in [2.75, 3.05) is 17.1 Å². The minimum atomic E-state index is -3.86. The molecule has 2 amide bonds. The second-order valence-electron chi connectivity index (χ2n) is 8.64. The molecule has 1 saturated carbocycles. The summed E-state index contributed by atoms with van der Waals surface area (Å²) in [6.45, 7) is 1.08. The van der Waals surface area contributed by atoms with Crippen LogP contribution in [-0.4, -0.2) is 50.0 Å². The minimum absolute atomic E-state index is 0.00574. The van der Waals surface area contributed by atoms with Crippen LogP contribution in [0.5, 0.6) is 0 Å². The molecule has 0 unspecified atom stereocenters. The van der Waals surface area contributed by atoms with Crippen molar-refractivity contribution in [3.05, 3.63) is 63.1 Å². The van der Waals surface area contributed by atoms with Crippen molar-refractivity contribution in [3.63, 3.8) is 0 Å². The number of hydrogen-bond acceptors (Lipinski definition) is 4. The van der Waals surface area contributed by atoms with E-state index in [2.05, 4.69) is 5.32 Å². The van der Waals surface area contributed by atoms with Crippen molar-refractivity contribution in [1.29, 1.82) is 0 Å². The van der Waals surface area contributed by atoms with E-state index in [1.54, 1.807) is 43.3 Å². The monoisotopic (exact) mass is 559 g/mol. The number of sulfonamides is 1. The van der Waals surface area contributed by atoms with Gasteiger partial charge in [-0.25, -0.2) is 8.42 Å². The smallest absolute Gasteiger partial charge is 0.244 e. The van der Waals surface area contributed by atoms with Gasteiger partial charge in [0.2, 0.25) is 21.8 Å². The average Bonchev–Trinajstić information content (AvgIpc) is 3.29. The Hall–Kier alpha value is -2.00. The van der Waals surface area contributed by atoms with Gasteiger partial charge in [0.05, 0.1) is 17.0 Å². The summed E-state index contributed by atoms with van der Waals surface area (Å²) in [6.07, 6.45) is 4.88. The zero-order valence-electron chi connectivity index (χ0n) is 19.5. The lowest BCUT2D eigenvalue weighted by Gasteiger charge is -2.32. The number of benzene rings is 2. The van der Waals surface area contributed by atoms with E-state index in [4.69, 9.17) is 34.8 Å². The Kier molecular flexibility index (Phi) is 9.32. The van der Waals surface area contributed by atoms with Gasteiger partial charge < -0.3 is 10.2 Å². The Morgan fingerprint density at radius 3 is 2.31 bits per heavy atom. The molecule has 0 spiro atoms. The zero-order chi connectivity index (χ0) is 25.8. The fourth-order valence-electron chi connectivity index (χ4n) is 4.06. The molecule has 1 aliphatic rings. The first-order chi connectivity index (χ1) is 16.5. The van der Waals surface area contributed by atoms with E-state index < -0.39 is 28.5 Å². The number of anilines is 1. The van der Waals surface area contributed by atoms with Gasteiger partial charge >= 0.3 is 0 Å². The van der Waals surface area contributed by atoms with E-state index in [1.807, 2.05) is 0 Å². The first kappa shape index (κ1) is 27.6. The number of para-hydroxylation sites is 1. The van der Waals surface area contributed by atoms with Crippen LogP contribution in [0.15, 0.2) is 42.5 Å². The summed E-state index contributed by atoms with van der Waals surface area (Å²) in [5, 5.41) is 3.97. The van der Waals surface area contributed by atoms with Crippen molar-refractivity contribution in [2.24, 2.45) is 0 Å². The summed E-state index contributed by atoms with van der Waals surface area (Å²) in [5.41, 5.74) is 0.756. The van der Waals surface area contributed by atoms with E-state index in [-0.39, 0.29) is 29.2 Å². The number of amides is 2.